The first-order chi connectivity index (χ1) is 5.89. The second kappa shape index (κ2) is 3.50. The molecule has 13 heavy (non-hydrogen) atoms. The van der Waals surface area contributed by atoms with E-state index in [0.717, 1.165) is 6.42 Å². The topological polar surface area (TPSA) is 43.8 Å². The van der Waals surface area contributed by atoms with E-state index in [9.17, 15) is 0 Å². The highest BCUT2D eigenvalue weighted by atomic mass is 15.2. The first kappa shape index (κ1) is 10.3. The second-order valence-electron chi connectivity index (χ2n) is 4.70. The second-order valence-corrected chi connectivity index (χ2v) is 4.70. The Balaban J connectivity index is 2.60. The van der Waals surface area contributed by atoms with Crippen LogP contribution in [0.15, 0.2) is 12.4 Å². The van der Waals surface area contributed by atoms with Crippen molar-refractivity contribution >= 4 is 0 Å². The molecule has 0 radical (unpaired) electrons. The Morgan fingerprint density at radius 3 is 2.54 bits per heavy atom. The van der Waals surface area contributed by atoms with Crippen LogP contribution in [0.5, 0.6) is 0 Å². The van der Waals surface area contributed by atoms with Crippen LogP contribution in [0, 0.1) is 5.41 Å². The molecular formula is C10H19N3. The van der Waals surface area contributed by atoms with Crippen molar-refractivity contribution < 1.29 is 0 Å². The molecule has 0 aliphatic carbocycles. The fraction of sp³-hybridized carbons (Fsp3) is 0.700. The standard InChI is InChI=1S/C10H19N3/c1-10(2,3)9(11)5-8-6-12-13(4)7-8/h6-7,9H,5,11H2,1-4H3. The molecule has 1 rings (SSSR count). The zero-order valence-electron chi connectivity index (χ0n) is 8.91. The van der Waals surface area contributed by atoms with E-state index in [4.69, 9.17) is 5.73 Å². The van der Waals surface area contributed by atoms with Crippen molar-refractivity contribution in [3.05, 3.63) is 18.0 Å². The summed E-state index contributed by atoms with van der Waals surface area (Å²) in [6, 6.07) is 0.191. The van der Waals surface area contributed by atoms with E-state index in [0.29, 0.717) is 0 Å². The predicted octanol–water partition coefficient (Wildman–Crippen LogP) is 1.34. The lowest BCUT2D eigenvalue weighted by Crippen LogP contribution is -2.36. The zero-order valence-corrected chi connectivity index (χ0v) is 8.91. The Bertz CT molecular complexity index is 270. The summed E-state index contributed by atoms with van der Waals surface area (Å²) in [6.07, 6.45) is 4.80. The number of hydrogen-bond acceptors (Lipinski definition) is 2. The van der Waals surface area contributed by atoms with Crippen molar-refractivity contribution in [3.8, 4) is 0 Å². The molecule has 2 N–H and O–H groups in total. The van der Waals surface area contributed by atoms with Gasteiger partial charge in [-0.2, -0.15) is 5.10 Å². The normalized spacial score (nSPS) is 14.5. The van der Waals surface area contributed by atoms with E-state index in [1.807, 2.05) is 24.1 Å². The van der Waals surface area contributed by atoms with Gasteiger partial charge < -0.3 is 5.73 Å². The minimum absolute atomic E-state index is 0.163. The fourth-order valence-electron chi connectivity index (χ4n) is 1.14. The minimum atomic E-state index is 0.163. The molecule has 0 spiro atoms. The minimum Gasteiger partial charge on any atom is -0.327 e. The van der Waals surface area contributed by atoms with E-state index in [2.05, 4.69) is 25.9 Å². The van der Waals surface area contributed by atoms with E-state index in [1.165, 1.54) is 5.56 Å². The number of nitrogens with two attached hydrogens (primary N) is 1. The highest BCUT2D eigenvalue weighted by molar-refractivity contribution is 5.06. The van der Waals surface area contributed by atoms with E-state index in [-0.39, 0.29) is 11.5 Å². The van der Waals surface area contributed by atoms with Crippen molar-refractivity contribution in [1.29, 1.82) is 0 Å². The molecule has 1 aromatic heterocycles. The lowest BCUT2D eigenvalue weighted by atomic mass is 9.84. The maximum absolute atomic E-state index is 6.05. The van der Waals surface area contributed by atoms with Gasteiger partial charge in [-0.3, -0.25) is 4.68 Å². The van der Waals surface area contributed by atoms with Gasteiger partial charge in [-0.1, -0.05) is 20.8 Å². The molecule has 1 unspecified atom stereocenters. The summed E-state index contributed by atoms with van der Waals surface area (Å²) in [6.45, 7) is 6.48. The Morgan fingerprint density at radius 2 is 2.15 bits per heavy atom. The Labute approximate surface area is 79.9 Å². The average molecular weight is 181 g/mol. The quantitative estimate of drug-likeness (QED) is 0.748. The first-order valence-corrected chi connectivity index (χ1v) is 4.62. The summed E-state index contributed by atoms with van der Waals surface area (Å²) in [4.78, 5) is 0. The molecule has 0 saturated heterocycles. The van der Waals surface area contributed by atoms with Crippen molar-refractivity contribution in [1.82, 2.24) is 9.78 Å². The third-order valence-electron chi connectivity index (χ3n) is 2.33. The van der Waals surface area contributed by atoms with Gasteiger partial charge in [0.15, 0.2) is 0 Å². The number of aryl methyl sites for hydroxylation is 1. The predicted molar refractivity (Wildman–Crippen MR) is 54.3 cm³/mol. The van der Waals surface area contributed by atoms with Crippen LogP contribution in [0.1, 0.15) is 26.3 Å². The summed E-state index contributed by atoms with van der Waals surface area (Å²) in [5.74, 6) is 0. The molecule has 0 aromatic carbocycles. The Hall–Kier alpha value is -0.830. The lowest BCUT2D eigenvalue weighted by molar-refractivity contribution is 0.318. The van der Waals surface area contributed by atoms with E-state index in [1.54, 1.807) is 0 Å². The molecular weight excluding hydrogens is 162 g/mol. The van der Waals surface area contributed by atoms with Crippen LogP contribution in [0.3, 0.4) is 0 Å². The molecule has 0 saturated carbocycles. The molecule has 0 fully saturated rings. The SMILES string of the molecule is Cn1cc(CC(N)C(C)(C)C)cn1. The van der Waals surface area contributed by atoms with Crippen LogP contribution >= 0.6 is 0 Å². The van der Waals surface area contributed by atoms with Crippen molar-refractivity contribution in [2.75, 3.05) is 0 Å². The number of nitrogens with zero attached hydrogens (tertiary/aromatic N) is 2. The number of rotatable bonds is 2. The van der Waals surface area contributed by atoms with Gasteiger partial charge in [0.2, 0.25) is 0 Å². The maximum Gasteiger partial charge on any atom is 0.0522 e. The number of hydrogen-bond donors (Lipinski definition) is 1. The maximum atomic E-state index is 6.05. The third-order valence-corrected chi connectivity index (χ3v) is 2.33. The number of aromatic nitrogens is 2. The molecule has 0 aliphatic rings. The first-order valence-electron chi connectivity index (χ1n) is 4.62. The summed E-state index contributed by atoms with van der Waals surface area (Å²) in [7, 11) is 1.92. The van der Waals surface area contributed by atoms with Gasteiger partial charge in [0.1, 0.15) is 0 Å². The monoisotopic (exact) mass is 181 g/mol. The van der Waals surface area contributed by atoms with Crippen LogP contribution in [0.2, 0.25) is 0 Å². The van der Waals surface area contributed by atoms with E-state index < -0.39 is 0 Å². The van der Waals surface area contributed by atoms with Gasteiger partial charge in [0.05, 0.1) is 6.20 Å². The van der Waals surface area contributed by atoms with Crippen molar-refractivity contribution in [2.45, 2.75) is 33.2 Å². The summed E-state index contributed by atoms with van der Waals surface area (Å²) < 4.78 is 1.81. The van der Waals surface area contributed by atoms with Gasteiger partial charge >= 0.3 is 0 Å². The molecule has 74 valence electrons. The van der Waals surface area contributed by atoms with Crippen LogP contribution in [0.4, 0.5) is 0 Å². The zero-order chi connectivity index (χ0) is 10.1. The van der Waals surface area contributed by atoms with Crippen LogP contribution < -0.4 is 5.73 Å². The summed E-state index contributed by atoms with van der Waals surface area (Å²) in [5.41, 5.74) is 7.43. The summed E-state index contributed by atoms with van der Waals surface area (Å²) in [5, 5.41) is 4.11. The Morgan fingerprint density at radius 1 is 1.54 bits per heavy atom. The van der Waals surface area contributed by atoms with E-state index >= 15 is 0 Å². The highest BCUT2D eigenvalue weighted by Crippen LogP contribution is 2.20. The highest BCUT2D eigenvalue weighted by Gasteiger charge is 2.20. The van der Waals surface area contributed by atoms with Gasteiger partial charge in [0.25, 0.3) is 0 Å². The Kier molecular flexibility index (Phi) is 2.76. The summed E-state index contributed by atoms with van der Waals surface area (Å²) >= 11 is 0. The third kappa shape index (κ3) is 2.84. The smallest absolute Gasteiger partial charge is 0.0522 e. The molecule has 0 aliphatic heterocycles. The fourth-order valence-corrected chi connectivity index (χ4v) is 1.14. The molecule has 1 heterocycles. The molecule has 1 atom stereocenters. The van der Waals surface area contributed by atoms with Crippen LogP contribution in [0.25, 0.3) is 0 Å². The van der Waals surface area contributed by atoms with Gasteiger partial charge in [-0.25, -0.2) is 0 Å². The van der Waals surface area contributed by atoms with Crippen LogP contribution in [-0.2, 0) is 13.5 Å². The molecule has 0 bridgehead atoms. The van der Waals surface area contributed by atoms with Gasteiger partial charge in [-0.15, -0.1) is 0 Å². The molecule has 1 aromatic rings. The van der Waals surface area contributed by atoms with Gasteiger partial charge in [0, 0.05) is 19.3 Å². The molecule has 3 nitrogen and oxygen atoms in total. The lowest BCUT2D eigenvalue weighted by Gasteiger charge is -2.26. The van der Waals surface area contributed by atoms with Crippen molar-refractivity contribution in [2.24, 2.45) is 18.2 Å². The van der Waals surface area contributed by atoms with Gasteiger partial charge in [-0.05, 0) is 17.4 Å². The largest absolute Gasteiger partial charge is 0.327 e. The molecule has 3 heteroatoms. The average Bonchev–Trinajstić information content (AvgIpc) is 2.33. The van der Waals surface area contributed by atoms with Crippen LogP contribution in [-0.4, -0.2) is 15.8 Å². The van der Waals surface area contributed by atoms with Crippen molar-refractivity contribution in [3.63, 3.8) is 0 Å². The molecule has 0 amide bonds.